The van der Waals surface area contributed by atoms with E-state index in [-0.39, 0.29) is 5.41 Å². The molecule has 0 aliphatic rings. The summed E-state index contributed by atoms with van der Waals surface area (Å²) in [5, 5.41) is 0. The van der Waals surface area contributed by atoms with Crippen LogP contribution in [0.15, 0.2) is 72.9 Å². The molecule has 3 aromatic rings. The van der Waals surface area contributed by atoms with Crippen LogP contribution in [0.1, 0.15) is 26.3 Å². The fourth-order valence-electron chi connectivity index (χ4n) is 2.54. The zero-order chi connectivity index (χ0) is 15.6. The first-order chi connectivity index (χ1) is 10.5. The van der Waals surface area contributed by atoms with Gasteiger partial charge in [-0.2, -0.15) is 0 Å². The first-order valence-electron chi connectivity index (χ1n) is 7.66. The zero-order valence-electron chi connectivity index (χ0n) is 13.4. The van der Waals surface area contributed by atoms with Crippen LogP contribution in [0.4, 0.5) is 0 Å². The molecule has 0 aliphatic carbocycles. The van der Waals surface area contributed by atoms with Crippen molar-refractivity contribution in [3.8, 4) is 22.4 Å². The molecule has 0 saturated carbocycles. The lowest BCUT2D eigenvalue weighted by atomic mass is 9.86. The van der Waals surface area contributed by atoms with Crippen LogP contribution in [0.3, 0.4) is 0 Å². The Labute approximate surface area is 132 Å². The van der Waals surface area contributed by atoms with E-state index in [0.29, 0.717) is 0 Å². The van der Waals surface area contributed by atoms with Crippen molar-refractivity contribution in [1.82, 2.24) is 4.98 Å². The van der Waals surface area contributed by atoms with Crippen LogP contribution < -0.4 is 0 Å². The highest BCUT2D eigenvalue weighted by molar-refractivity contribution is 5.70. The largest absolute Gasteiger partial charge is 0.256 e. The summed E-state index contributed by atoms with van der Waals surface area (Å²) in [7, 11) is 0. The minimum absolute atomic E-state index is 0.146. The van der Waals surface area contributed by atoms with Crippen LogP contribution in [0.25, 0.3) is 22.4 Å². The van der Waals surface area contributed by atoms with E-state index in [0.717, 1.165) is 5.69 Å². The average Bonchev–Trinajstić information content (AvgIpc) is 2.55. The number of hydrogen-bond donors (Lipinski definition) is 0. The Morgan fingerprint density at radius 3 is 2.14 bits per heavy atom. The van der Waals surface area contributed by atoms with Gasteiger partial charge in [0.25, 0.3) is 0 Å². The van der Waals surface area contributed by atoms with E-state index in [4.69, 9.17) is 0 Å². The van der Waals surface area contributed by atoms with Gasteiger partial charge in [0.2, 0.25) is 0 Å². The molecule has 3 rings (SSSR count). The fraction of sp³-hybridized carbons (Fsp3) is 0.190. The molecule has 22 heavy (non-hydrogen) atoms. The second kappa shape index (κ2) is 5.76. The molecule has 0 aliphatic heterocycles. The Morgan fingerprint density at radius 1 is 0.682 bits per heavy atom. The van der Waals surface area contributed by atoms with Crippen molar-refractivity contribution in [2.24, 2.45) is 0 Å². The first kappa shape index (κ1) is 14.5. The van der Waals surface area contributed by atoms with E-state index in [9.17, 15) is 0 Å². The van der Waals surface area contributed by atoms with Crippen molar-refractivity contribution in [3.63, 3.8) is 0 Å². The Bertz CT molecular complexity index is 767. The smallest absolute Gasteiger partial charge is 0.0708 e. The SMILES string of the molecule is CC(C)(C)c1cccc(-c2cc(-c3ccccc3)ccn2)c1. The monoisotopic (exact) mass is 287 g/mol. The van der Waals surface area contributed by atoms with Crippen molar-refractivity contribution in [2.75, 3.05) is 0 Å². The van der Waals surface area contributed by atoms with E-state index < -0.39 is 0 Å². The number of rotatable bonds is 2. The summed E-state index contributed by atoms with van der Waals surface area (Å²) >= 11 is 0. The minimum Gasteiger partial charge on any atom is -0.256 e. The van der Waals surface area contributed by atoms with Gasteiger partial charge in [0.05, 0.1) is 5.69 Å². The molecule has 0 amide bonds. The molecule has 0 atom stereocenters. The zero-order valence-corrected chi connectivity index (χ0v) is 13.4. The van der Waals surface area contributed by atoms with Crippen molar-refractivity contribution >= 4 is 0 Å². The van der Waals surface area contributed by atoms with Crippen molar-refractivity contribution in [3.05, 3.63) is 78.5 Å². The Hall–Kier alpha value is -2.41. The van der Waals surface area contributed by atoms with Gasteiger partial charge < -0.3 is 0 Å². The summed E-state index contributed by atoms with van der Waals surface area (Å²) < 4.78 is 0. The van der Waals surface area contributed by atoms with Crippen LogP contribution >= 0.6 is 0 Å². The fourth-order valence-corrected chi connectivity index (χ4v) is 2.54. The van der Waals surface area contributed by atoms with Gasteiger partial charge in [-0.15, -0.1) is 0 Å². The van der Waals surface area contributed by atoms with Crippen LogP contribution in [0, 0.1) is 0 Å². The van der Waals surface area contributed by atoms with E-state index in [1.54, 1.807) is 0 Å². The Morgan fingerprint density at radius 2 is 1.41 bits per heavy atom. The molecule has 0 fully saturated rings. The second-order valence-electron chi connectivity index (χ2n) is 6.63. The second-order valence-corrected chi connectivity index (χ2v) is 6.63. The quantitative estimate of drug-likeness (QED) is 0.588. The van der Waals surface area contributed by atoms with Gasteiger partial charge in [-0.3, -0.25) is 4.98 Å². The normalized spacial score (nSPS) is 11.4. The number of pyridine rings is 1. The number of aromatic nitrogens is 1. The van der Waals surface area contributed by atoms with E-state index in [1.807, 2.05) is 12.3 Å². The predicted molar refractivity (Wildman–Crippen MR) is 93.8 cm³/mol. The molecule has 110 valence electrons. The molecule has 2 aromatic carbocycles. The van der Waals surface area contributed by atoms with Gasteiger partial charge in [0.1, 0.15) is 0 Å². The number of benzene rings is 2. The average molecular weight is 287 g/mol. The van der Waals surface area contributed by atoms with Crippen LogP contribution in [0.2, 0.25) is 0 Å². The van der Waals surface area contributed by atoms with E-state index in [2.05, 4.69) is 86.4 Å². The summed E-state index contributed by atoms with van der Waals surface area (Å²) in [6.07, 6.45) is 1.89. The van der Waals surface area contributed by atoms with E-state index >= 15 is 0 Å². The van der Waals surface area contributed by atoms with Gasteiger partial charge in [-0.25, -0.2) is 0 Å². The van der Waals surface area contributed by atoms with Gasteiger partial charge in [0, 0.05) is 11.8 Å². The molecule has 0 unspecified atom stereocenters. The van der Waals surface area contributed by atoms with E-state index in [1.165, 1.54) is 22.3 Å². The molecule has 1 aromatic heterocycles. The third-order valence-corrected chi connectivity index (χ3v) is 3.89. The summed E-state index contributed by atoms with van der Waals surface area (Å²) in [5.41, 5.74) is 6.09. The molecule has 1 heteroatoms. The van der Waals surface area contributed by atoms with Crippen LogP contribution in [0.5, 0.6) is 0 Å². The van der Waals surface area contributed by atoms with Gasteiger partial charge in [0.15, 0.2) is 0 Å². The predicted octanol–water partition coefficient (Wildman–Crippen LogP) is 5.71. The van der Waals surface area contributed by atoms with Crippen LogP contribution in [-0.2, 0) is 5.41 Å². The number of nitrogens with zero attached hydrogens (tertiary/aromatic N) is 1. The highest BCUT2D eigenvalue weighted by Crippen LogP contribution is 2.28. The highest BCUT2D eigenvalue weighted by Gasteiger charge is 2.14. The lowest BCUT2D eigenvalue weighted by Crippen LogP contribution is -2.10. The molecule has 0 bridgehead atoms. The molecule has 0 saturated heterocycles. The molecule has 1 heterocycles. The van der Waals surface area contributed by atoms with Gasteiger partial charge in [-0.05, 0) is 40.3 Å². The summed E-state index contributed by atoms with van der Waals surface area (Å²) in [4.78, 5) is 4.56. The maximum atomic E-state index is 4.56. The Balaban J connectivity index is 2.03. The summed E-state index contributed by atoms with van der Waals surface area (Å²) in [6, 6.07) is 23.3. The molecule has 0 N–H and O–H groups in total. The molecular weight excluding hydrogens is 266 g/mol. The molecule has 0 spiro atoms. The van der Waals surface area contributed by atoms with Gasteiger partial charge in [-0.1, -0.05) is 69.3 Å². The van der Waals surface area contributed by atoms with Crippen molar-refractivity contribution < 1.29 is 0 Å². The highest BCUT2D eigenvalue weighted by atomic mass is 14.7. The standard InChI is InChI=1S/C21H21N/c1-21(2,3)19-11-7-10-18(14-19)20-15-17(12-13-22-20)16-8-5-4-6-9-16/h4-15H,1-3H3. The number of hydrogen-bond acceptors (Lipinski definition) is 1. The van der Waals surface area contributed by atoms with Crippen molar-refractivity contribution in [2.45, 2.75) is 26.2 Å². The summed E-state index contributed by atoms with van der Waals surface area (Å²) in [5.74, 6) is 0. The summed E-state index contributed by atoms with van der Waals surface area (Å²) in [6.45, 7) is 6.71. The minimum atomic E-state index is 0.146. The molecule has 0 radical (unpaired) electrons. The Kier molecular flexibility index (Phi) is 3.81. The van der Waals surface area contributed by atoms with Gasteiger partial charge >= 0.3 is 0 Å². The third kappa shape index (κ3) is 3.09. The van der Waals surface area contributed by atoms with Crippen molar-refractivity contribution in [1.29, 1.82) is 0 Å². The topological polar surface area (TPSA) is 12.9 Å². The maximum absolute atomic E-state index is 4.56. The maximum Gasteiger partial charge on any atom is 0.0708 e. The van der Waals surface area contributed by atoms with Crippen LogP contribution in [-0.4, -0.2) is 4.98 Å². The lowest BCUT2D eigenvalue weighted by molar-refractivity contribution is 0.590. The lowest BCUT2D eigenvalue weighted by Gasteiger charge is -2.19. The first-order valence-corrected chi connectivity index (χ1v) is 7.66. The molecular formula is C21H21N. The third-order valence-electron chi connectivity index (χ3n) is 3.89. The molecule has 1 nitrogen and oxygen atoms in total.